The van der Waals surface area contributed by atoms with E-state index in [2.05, 4.69) is 73.5 Å². The predicted molar refractivity (Wildman–Crippen MR) is 87.3 cm³/mol. The number of fused-ring (bicyclic) bond motifs is 3. The summed E-state index contributed by atoms with van der Waals surface area (Å²) in [7, 11) is 0. The first-order valence-corrected chi connectivity index (χ1v) is 7.27. The van der Waals surface area contributed by atoms with E-state index < -0.39 is 0 Å². The molecule has 0 unspecified atom stereocenters. The van der Waals surface area contributed by atoms with Gasteiger partial charge in [-0.15, -0.1) is 0 Å². The van der Waals surface area contributed by atoms with Crippen molar-refractivity contribution >= 4 is 21.8 Å². The maximum atomic E-state index is 3.54. The topological polar surface area (TPSA) is 27.8 Å². The van der Waals surface area contributed by atoms with Crippen LogP contribution in [0.25, 0.3) is 21.8 Å². The molecule has 0 saturated carbocycles. The Labute approximate surface area is 120 Å². The summed E-state index contributed by atoms with van der Waals surface area (Å²) in [5, 5.41) is 6.18. The van der Waals surface area contributed by atoms with E-state index in [9.17, 15) is 0 Å². The number of H-pyrrole nitrogens is 1. The number of hydrogen-bond acceptors (Lipinski definition) is 1. The van der Waals surface area contributed by atoms with Crippen LogP contribution in [0.4, 0.5) is 0 Å². The van der Waals surface area contributed by atoms with Gasteiger partial charge in [-0.25, -0.2) is 0 Å². The van der Waals surface area contributed by atoms with E-state index in [-0.39, 0.29) is 5.54 Å². The van der Waals surface area contributed by atoms with Crippen molar-refractivity contribution in [2.24, 2.45) is 0 Å². The van der Waals surface area contributed by atoms with Gasteiger partial charge in [-0.1, -0.05) is 24.3 Å². The highest BCUT2D eigenvalue weighted by Crippen LogP contribution is 2.26. The second-order valence-corrected chi connectivity index (χ2v) is 6.48. The average Bonchev–Trinajstić information content (AvgIpc) is 2.75. The van der Waals surface area contributed by atoms with Gasteiger partial charge in [0.05, 0.1) is 0 Å². The van der Waals surface area contributed by atoms with Crippen LogP contribution in [0.5, 0.6) is 0 Å². The Hall–Kier alpha value is -1.80. The third kappa shape index (κ3) is 2.70. The van der Waals surface area contributed by atoms with Crippen LogP contribution in [-0.2, 0) is 6.42 Å². The van der Waals surface area contributed by atoms with Crippen molar-refractivity contribution in [1.29, 1.82) is 0 Å². The lowest BCUT2D eigenvalue weighted by atomic mass is 10.1. The molecule has 20 heavy (non-hydrogen) atoms. The zero-order chi connectivity index (χ0) is 14.2. The van der Waals surface area contributed by atoms with E-state index in [4.69, 9.17) is 0 Å². The molecule has 0 radical (unpaired) electrons. The molecule has 104 valence electrons. The summed E-state index contributed by atoms with van der Waals surface area (Å²) < 4.78 is 0. The zero-order valence-corrected chi connectivity index (χ0v) is 12.5. The normalized spacial score (nSPS) is 12.3. The molecule has 1 aromatic heterocycles. The minimum Gasteiger partial charge on any atom is -0.355 e. The first kappa shape index (κ1) is 13.2. The van der Waals surface area contributed by atoms with Crippen molar-refractivity contribution in [2.45, 2.75) is 32.7 Å². The Morgan fingerprint density at radius 2 is 1.70 bits per heavy atom. The first-order chi connectivity index (χ1) is 9.53. The van der Waals surface area contributed by atoms with Crippen LogP contribution in [-0.4, -0.2) is 17.1 Å². The molecule has 0 aliphatic heterocycles. The molecule has 2 N–H and O–H groups in total. The molecule has 0 amide bonds. The van der Waals surface area contributed by atoms with Crippen LogP contribution in [0.1, 0.15) is 26.3 Å². The monoisotopic (exact) mass is 266 g/mol. The van der Waals surface area contributed by atoms with Crippen LogP contribution in [0.2, 0.25) is 0 Å². The molecule has 0 saturated heterocycles. The second-order valence-electron chi connectivity index (χ2n) is 6.48. The van der Waals surface area contributed by atoms with Crippen molar-refractivity contribution in [1.82, 2.24) is 10.3 Å². The van der Waals surface area contributed by atoms with Crippen molar-refractivity contribution in [2.75, 3.05) is 6.54 Å². The molecule has 0 aliphatic carbocycles. The van der Waals surface area contributed by atoms with E-state index in [0.29, 0.717) is 0 Å². The summed E-state index contributed by atoms with van der Waals surface area (Å²) >= 11 is 0. The molecule has 2 aromatic carbocycles. The number of nitrogens with one attached hydrogen (secondary N) is 2. The lowest BCUT2D eigenvalue weighted by Gasteiger charge is -2.20. The van der Waals surface area contributed by atoms with E-state index >= 15 is 0 Å². The quantitative estimate of drug-likeness (QED) is 0.728. The van der Waals surface area contributed by atoms with Crippen LogP contribution in [0, 0.1) is 0 Å². The average molecular weight is 266 g/mol. The van der Waals surface area contributed by atoms with Crippen LogP contribution in [0.3, 0.4) is 0 Å². The van der Waals surface area contributed by atoms with Crippen LogP contribution >= 0.6 is 0 Å². The Kier molecular flexibility index (Phi) is 3.27. The Balaban J connectivity index is 1.88. The molecule has 1 heterocycles. The zero-order valence-electron chi connectivity index (χ0n) is 12.5. The Morgan fingerprint density at radius 1 is 0.950 bits per heavy atom. The summed E-state index contributed by atoms with van der Waals surface area (Å²) in [5.41, 5.74) is 4.01. The van der Waals surface area contributed by atoms with E-state index in [1.165, 1.54) is 27.4 Å². The number of aromatic amines is 1. The van der Waals surface area contributed by atoms with Gasteiger partial charge in [0.25, 0.3) is 0 Å². The van der Waals surface area contributed by atoms with Gasteiger partial charge in [-0.05, 0) is 57.5 Å². The molecular weight excluding hydrogens is 244 g/mol. The third-order valence-electron chi connectivity index (χ3n) is 3.64. The van der Waals surface area contributed by atoms with Gasteiger partial charge in [-0.3, -0.25) is 0 Å². The fourth-order valence-electron chi connectivity index (χ4n) is 2.63. The minimum atomic E-state index is 0.185. The van der Waals surface area contributed by atoms with Gasteiger partial charge in [0.1, 0.15) is 0 Å². The highest BCUT2D eigenvalue weighted by Gasteiger charge is 2.08. The fraction of sp³-hybridized carbons (Fsp3) is 0.333. The summed E-state index contributed by atoms with van der Waals surface area (Å²) in [6.07, 6.45) is 1.06. The van der Waals surface area contributed by atoms with E-state index in [0.717, 1.165) is 13.0 Å². The third-order valence-corrected chi connectivity index (χ3v) is 3.64. The maximum Gasteiger partial charge on any atom is 0.0465 e. The largest absolute Gasteiger partial charge is 0.355 e. The Bertz CT molecular complexity index is 732. The highest BCUT2D eigenvalue weighted by molar-refractivity contribution is 6.07. The smallest absolute Gasteiger partial charge is 0.0465 e. The van der Waals surface area contributed by atoms with Gasteiger partial charge >= 0.3 is 0 Å². The molecule has 0 bridgehead atoms. The van der Waals surface area contributed by atoms with E-state index in [1.807, 2.05) is 0 Å². The minimum absolute atomic E-state index is 0.185. The molecular formula is C18H22N2. The van der Waals surface area contributed by atoms with Crippen molar-refractivity contribution < 1.29 is 0 Å². The van der Waals surface area contributed by atoms with Crippen LogP contribution < -0.4 is 5.32 Å². The number of para-hydroxylation sites is 1. The summed E-state index contributed by atoms with van der Waals surface area (Å²) in [6, 6.07) is 15.2. The fourth-order valence-corrected chi connectivity index (χ4v) is 2.63. The van der Waals surface area contributed by atoms with Gasteiger partial charge < -0.3 is 10.3 Å². The molecule has 3 aromatic rings. The van der Waals surface area contributed by atoms with Gasteiger partial charge in [-0.2, -0.15) is 0 Å². The molecule has 0 aliphatic rings. The molecule has 3 rings (SSSR count). The molecule has 0 fully saturated rings. The maximum absolute atomic E-state index is 3.54. The van der Waals surface area contributed by atoms with E-state index in [1.54, 1.807) is 0 Å². The lowest BCUT2D eigenvalue weighted by Crippen LogP contribution is -2.37. The summed E-state index contributed by atoms with van der Waals surface area (Å²) in [4.78, 5) is 3.47. The first-order valence-electron chi connectivity index (χ1n) is 7.27. The highest BCUT2D eigenvalue weighted by atomic mass is 14.9. The van der Waals surface area contributed by atoms with Crippen molar-refractivity contribution in [3.63, 3.8) is 0 Å². The Morgan fingerprint density at radius 3 is 2.50 bits per heavy atom. The SMILES string of the molecule is CC(C)(C)NCCc1ccc2[nH]c3ccccc3c2c1. The molecule has 2 nitrogen and oxygen atoms in total. The van der Waals surface area contributed by atoms with Crippen molar-refractivity contribution in [3.8, 4) is 0 Å². The van der Waals surface area contributed by atoms with Crippen LogP contribution in [0.15, 0.2) is 42.5 Å². The molecule has 2 heteroatoms. The number of aromatic nitrogens is 1. The molecule has 0 spiro atoms. The molecule has 0 atom stereocenters. The summed E-state index contributed by atoms with van der Waals surface area (Å²) in [5.74, 6) is 0. The second kappa shape index (κ2) is 4.95. The lowest BCUT2D eigenvalue weighted by molar-refractivity contribution is 0.429. The number of hydrogen-bond donors (Lipinski definition) is 2. The standard InChI is InChI=1S/C18H22N2/c1-18(2,3)19-11-10-13-8-9-17-15(12-13)14-6-4-5-7-16(14)20-17/h4-9,12,19-20H,10-11H2,1-3H3. The van der Waals surface area contributed by atoms with Gasteiger partial charge in [0, 0.05) is 27.3 Å². The van der Waals surface area contributed by atoms with Crippen molar-refractivity contribution in [3.05, 3.63) is 48.0 Å². The number of rotatable bonds is 3. The van der Waals surface area contributed by atoms with Gasteiger partial charge in [0.15, 0.2) is 0 Å². The van der Waals surface area contributed by atoms with Gasteiger partial charge in [0.2, 0.25) is 0 Å². The number of benzene rings is 2. The summed E-state index contributed by atoms with van der Waals surface area (Å²) in [6.45, 7) is 7.62. The predicted octanol–water partition coefficient (Wildman–Crippen LogP) is 4.25.